The third kappa shape index (κ3) is 7.12. The van der Waals surface area contributed by atoms with Gasteiger partial charge in [-0.1, -0.05) is 53.0 Å². The Morgan fingerprint density at radius 1 is 1.24 bits per heavy atom. The molecular formula is C15H23NO. The van der Waals surface area contributed by atoms with Crippen LogP contribution in [0.3, 0.4) is 0 Å². The summed E-state index contributed by atoms with van der Waals surface area (Å²) in [6, 6.07) is 5.47. The van der Waals surface area contributed by atoms with Crippen LogP contribution in [0.5, 0.6) is 0 Å². The number of allylic oxidation sites excluding steroid dienone is 3. The average molecular weight is 233 g/mol. The second-order valence-corrected chi connectivity index (χ2v) is 2.48. The van der Waals surface area contributed by atoms with Gasteiger partial charge in [0.25, 0.3) is 0 Å². The molecule has 0 spiro atoms. The first-order chi connectivity index (χ1) is 8.25. The second-order valence-electron chi connectivity index (χ2n) is 2.48. The maximum atomic E-state index is 9.25. The summed E-state index contributed by atoms with van der Waals surface area (Å²) in [6.07, 6.45) is 4.92. The van der Waals surface area contributed by atoms with Crippen molar-refractivity contribution in [2.24, 2.45) is 0 Å². The van der Waals surface area contributed by atoms with Gasteiger partial charge < -0.3 is 5.11 Å². The van der Waals surface area contributed by atoms with Crippen molar-refractivity contribution in [1.82, 2.24) is 4.98 Å². The molecule has 0 amide bonds. The van der Waals surface area contributed by atoms with Crippen LogP contribution in [-0.4, -0.2) is 10.1 Å². The first-order valence-electron chi connectivity index (χ1n) is 5.88. The maximum Gasteiger partial charge on any atom is 0.117 e. The monoisotopic (exact) mass is 233 g/mol. The molecule has 0 aliphatic carbocycles. The van der Waals surface area contributed by atoms with Gasteiger partial charge in [-0.3, -0.25) is 4.98 Å². The minimum atomic E-state index is -0.00130. The van der Waals surface area contributed by atoms with E-state index in [2.05, 4.69) is 18.1 Å². The second kappa shape index (κ2) is 12.2. The molecule has 0 unspecified atom stereocenters. The molecule has 0 aromatic carbocycles. The molecule has 2 heteroatoms. The Morgan fingerprint density at radius 3 is 2.18 bits per heavy atom. The largest absolute Gasteiger partial charge is 0.508 e. The van der Waals surface area contributed by atoms with E-state index in [1.165, 1.54) is 0 Å². The number of aromatic nitrogens is 1. The molecule has 2 nitrogen and oxygen atoms in total. The van der Waals surface area contributed by atoms with E-state index in [1.54, 1.807) is 24.4 Å². The molecule has 17 heavy (non-hydrogen) atoms. The molecule has 0 saturated carbocycles. The molecule has 0 atom stereocenters. The summed E-state index contributed by atoms with van der Waals surface area (Å²) < 4.78 is 0. The zero-order valence-corrected chi connectivity index (χ0v) is 11.3. The van der Waals surface area contributed by atoms with Gasteiger partial charge in [-0.15, -0.1) is 0 Å². The third-order valence-electron chi connectivity index (χ3n) is 1.54. The maximum absolute atomic E-state index is 9.25. The van der Waals surface area contributed by atoms with Gasteiger partial charge in [0, 0.05) is 11.8 Å². The van der Waals surface area contributed by atoms with Crippen molar-refractivity contribution in [3.05, 3.63) is 61.2 Å². The van der Waals surface area contributed by atoms with Crippen LogP contribution in [-0.2, 0) is 0 Å². The summed E-state index contributed by atoms with van der Waals surface area (Å²) in [5, 5.41) is 9.25. The van der Waals surface area contributed by atoms with Crippen molar-refractivity contribution in [2.75, 3.05) is 0 Å². The molecule has 0 saturated heterocycles. The molecule has 0 bridgehead atoms. The van der Waals surface area contributed by atoms with Crippen LogP contribution in [0.25, 0.3) is 5.57 Å². The number of pyridine rings is 1. The minimum Gasteiger partial charge on any atom is -0.508 e. The Kier molecular flexibility index (Phi) is 12.6. The SMILES string of the molecule is C=C/C=C(\C(=C)O)c1ccccn1.CC.CC. The fourth-order valence-electron chi connectivity index (χ4n) is 0.969. The van der Waals surface area contributed by atoms with Crippen LogP contribution >= 0.6 is 0 Å². The summed E-state index contributed by atoms with van der Waals surface area (Å²) in [6.45, 7) is 15.0. The van der Waals surface area contributed by atoms with Crippen LogP contribution in [0.4, 0.5) is 0 Å². The van der Waals surface area contributed by atoms with Gasteiger partial charge >= 0.3 is 0 Å². The Bertz CT molecular complexity index is 339. The van der Waals surface area contributed by atoms with Crippen molar-refractivity contribution in [3.63, 3.8) is 0 Å². The number of hydrogen-bond donors (Lipinski definition) is 1. The smallest absolute Gasteiger partial charge is 0.117 e. The van der Waals surface area contributed by atoms with Crippen LogP contribution in [0, 0.1) is 0 Å². The van der Waals surface area contributed by atoms with E-state index in [4.69, 9.17) is 0 Å². The van der Waals surface area contributed by atoms with E-state index < -0.39 is 0 Å². The lowest BCUT2D eigenvalue weighted by Gasteiger charge is -2.02. The van der Waals surface area contributed by atoms with Crippen molar-refractivity contribution in [3.8, 4) is 0 Å². The first kappa shape index (κ1) is 17.6. The van der Waals surface area contributed by atoms with Gasteiger partial charge in [0.1, 0.15) is 5.76 Å². The van der Waals surface area contributed by atoms with E-state index >= 15 is 0 Å². The van der Waals surface area contributed by atoms with Gasteiger partial charge in [-0.2, -0.15) is 0 Å². The Hall–Kier alpha value is -1.83. The number of rotatable bonds is 3. The molecule has 1 aromatic heterocycles. The molecular weight excluding hydrogens is 210 g/mol. The highest BCUT2D eigenvalue weighted by molar-refractivity contribution is 5.74. The topological polar surface area (TPSA) is 33.1 Å². The number of nitrogens with zero attached hydrogens (tertiary/aromatic N) is 1. The predicted octanol–water partition coefficient (Wildman–Crippen LogP) is 4.78. The fraction of sp³-hybridized carbons (Fsp3) is 0.267. The minimum absolute atomic E-state index is 0.00130. The first-order valence-corrected chi connectivity index (χ1v) is 5.88. The predicted molar refractivity (Wildman–Crippen MR) is 76.9 cm³/mol. The molecule has 0 aliphatic heterocycles. The summed E-state index contributed by atoms with van der Waals surface area (Å²) in [7, 11) is 0. The van der Waals surface area contributed by atoms with Gasteiger partial charge in [-0.05, 0) is 18.2 Å². The Labute approximate surface area is 105 Å². The molecule has 1 aromatic rings. The summed E-state index contributed by atoms with van der Waals surface area (Å²) in [5.41, 5.74) is 1.28. The summed E-state index contributed by atoms with van der Waals surface area (Å²) in [5.74, 6) is -0.00130. The molecule has 94 valence electrons. The Morgan fingerprint density at radius 2 is 1.82 bits per heavy atom. The lowest BCUT2D eigenvalue weighted by Crippen LogP contribution is -1.90. The van der Waals surface area contributed by atoms with Gasteiger partial charge in [0.15, 0.2) is 0 Å². The molecule has 0 aliphatic rings. The molecule has 1 N–H and O–H groups in total. The standard InChI is InChI=1S/C11H11NO.2C2H6/c1-3-6-10(9(2)13)11-7-4-5-8-12-11;2*1-2/h3-8,13H,1-2H2;2*1-2H3/b10-6+;;. The van der Waals surface area contributed by atoms with Gasteiger partial charge in [-0.25, -0.2) is 0 Å². The lowest BCUT2D eigenvalue weighted by molar-refractivity contribution is 0.440. The lowest BCUT2D eigenvalue weighted by atomic mass is 10.1. The summed E-state index contributed by atoms with van der Waals surface area (Å²) >= 11 is 0. The summed E-state index contributed by atoms with van der Waals surface area (Å²) in [4.78, 5) is 4.08. The highest BCUT2D eigenvalue weighted by atomic mass is 16.3. The molecule has 1 heterocycles. The highest BCUT2D eigenvalue weighted by Crippen LogP contribution is 2.17. The Balaban J connectivity index is 0. The van der Waals surface area contributed by atoms with Crippen molar-refractivity contribution < 1.29 is 5.11 Å². The number of aliphatic hydroxyl groups is 1. The van der Waals surface area contributed by atoms with Crippen LogP contribution in [0.2, 0.25) is 0 Å². The highest BCUT2D eigenvalue weighted by Gasteiger charge is 2.03. The number of hydrogen-bond acceptors (Lipinski definition) is 2. The van der Waals surface area contributed by atoms with Crippen LogP contribution in [0.1, 0.15) is 33.4 Å². The van der Waals surface area contributed by atoms with Gasteiger partial charge in [0.2, 0.25) is 0 Å². The van der Waals surface area contributed by atoms with Crippen molar-refractivity contribution in [2.45, 2.75) is 27.7 Å². The van der Waals surface area contributed by atoms with E-state index in [-0.39, 0.29) is 5.76 Å². The van der Waals surface area contributed by atoms with E-state index in [0.717, 1.165) is 0 Å². The van der Waals surface area contributed by atoms with Crippen LogP contribution < -0.4 is 0 Å². The quantitative estimate of drug-likeness (QED) is 0.602. The zero-order valence-electron chi connectivity index (χ0n) is 11.3. The van der Waals surface area contributed by atoms with Crippen LogP contribution in [0.15, 0.2) is 55.5 Å². The number of aliphatic hydroxyl groups excluding tert-OH is 1. The average Bonchev–Trinajstić information content (AvgIpc) is 2.41. The molecule has 1 rings (SSSR count). The molecule has 0 fully saturated rings. The fourth-order valence-corrected chi connectivity index (χ4v) is 0.969. The zero-order chi connectivity index (χ0) is 13.7. The van der Waals surface area contributed by atoms with Crippen molar-refractivity contribution >= 4 is 5.57 Å². The third-order valence-corrected chi connectivity index (χ3v) is 1.54. The van der Waals surface area contributed by atoms with E-state index in [0.29, 0.717) is 11.3 Å². The van der Waals surface area contributed by atoms with Gasteiger partial charge in [0.05, 0.1) is 5.69 Å². The van der Waals surface area contributed by atoms with Crippen molar-refractivity contribution in [1.29, 1.82) is 0 Å². The normalized spacial score (nSPS) is 9.06. The molecule has 0 radical (unpaired) electrons. The van der Waals surface area contributed by atoms with E-state index in [1.807, 2.05) is 39.8 Å². The van der Waals surface area contributed by atoms with E-state index in [9.17, 15) is 5.11 Å².